The van der Waals surface area contributed by atoms with Crippen molar-refractivity contribution in [3.63, 3.8) is 0 Å². The lowest BCUT2D eigenvalue weighted by Crippen LogP contribution is -2.41. The Bertz CT molecular complexity index is 719. The van der Waals surface area contributed by atoms with Crippen molar-refractivity contribution in [1.82, 2.24) is 9.78 Å². The van der Waals surface area contributed by atoms with Gasteiger partial charge in [-0.25, -0.2) is 0 Å². The van der Waals surface area contributed by atoms with Gasteiger partial charge in [0.2, 0.25) is 0 Å². The van der Waals surface area contributed by atoms with Crippen molar-refractivity contribution in [1.29, 1.82) is 0 Å². The van der Waals surface area contributed by atoms with Crippen LogP contribution in [0.3, 0.4) is 0 Å². The van der Waals surface area contributed by atoms with Crippen LogP contribution in [0.2, 0.25) is 0 Å². The van der Waals surface area contributed by atoms with Crippen LogP contribution in [0.1, 0.15) is 33.4 Å². The second-order valence-electron chi connectivity index (χ2n) is 7.18. The zero-order chi connectivity index (χ0) is 17.0. The minimum atomic E-state index is -0.346. The quantitative estimate of drug-likeness (QED) is 0.864. The normalized spacial score (nSPS) is 19.3. The van der Waals surface area contributed by atoms with E-state index >= 15 is 0 Å². The summed E-state index contributed by atoms with van der Waals surface area (Å²) in [5.74, 6) is 0.672. The summed E-state index contributed by atoms with van der Waals surface area (Å²) in [6.07, 6.45) is 0. The van der Waals surface area contributed by atoms with Crippen LogP contribution in [0.25, 0.3) is 11.1 Å². The van der Waals surface area contributed by atoms with Gasteiger partial charge in [-0.2, -0.15) is 5.10 Å². The summed E-state index contributed by atoms with van der Waals surface area (Å²) in [4.78, 5) is 0. The first-order chi connectivity index (χ1) is 10.6. The van der Waals surface area contributed by atoms with Crippen LogP contribution in [0.4, 0.5) is 5.82 Å². The van der Waals surface area contributed by atoms with Gasteiger partial charge in [-0.1, -0.05) is 24.3 Å². The number of hydrogen-bond acceptors (Lipinski definition) is 4. The van der Waals surface area contributed by atoms with Gasteiger partial charge in [0.05, 0.1) is 16.9 Å². The summed E-state index contributed by atoms with van der Waals surface area (Å²) in [6.45, 7) is 10.2. The number of nitrogens with zero attached hydrogens (tertiary/aromatic N) is 2. The van der Waals surface area contributed by atoms with E-state index in [4.69, 9.17) is 15.0 Å². The highest BCUT2D eigenvalue weighted by Crippen LogP contribution is 2.36. The van der Waals surface area contributed by atoms with Gasteiger partial charge >= 0.3 is 7.12 Å². The molecule has 2 N–H and O–H groups in total. The number of nitrogens with two attached hydrogens (primary N) is 1. The third-order valence-electron chi connectivity index (χ3n) is 4.99. The van der Waals surface area contributed by atoms with Crippen molar-refractivity contribution in [3.05, 3.63) is 30.0 Å². The van der Waals surface area contributed by atoms with Crippen molar-refractivity contribution in [3.8, 4) is 11.1 Å². The van der Waals surface area contributed by atoms with Gasteiger partial charge in [-0.05, 0) is 45.6 Å². The van der Waals surface area contributed by atoms with Gasteiger partial charge in [0.1, 0.15) is 5.82 Å². The minimum absolute atomic E-state index is 0.333. The molecule has 122 valence electrons. The van der Waals surface area contributed by atoms with Crippen LogP contribution in [-0.4, -0.2) is 28.1 Å². The topological polar surface area (TPSA) is 62.3 Å². The second-order valence-corrected chi connectivity index (χ2v) is 7.18. The summed E-state index contributed by atoms with van der Waals surface area (Å²) >= 11 is 0. The van der Waals surface area contributed by atoms with Gasteiger partial charge in [0.25, 0.3) is 0 Å². The van der Waals surface area contributed by atoms with Crippen LogP contribution in [-0.2, 0) is 16.4 Å². The molecule has 0 radical (unpaired) electrons. The molecule has 3 rings (SSSR count). The zero-order valence-electron chi connectivity index (χ0n) is 14.7. The van der Waals surface area contributed by atoms with E-state index < -0.39 is 0 Å². The maximum atomic E-state index is 6.12. The standard InChI is InChI=1S/C17H24BN3O2/c1-11-14(15(19)21(6)20-11)12-7-9-13(10-8-12)18-22-16(2,3)17(4,5)23-18/h7-10H,19H2,1-6H3. The predicted octanol–water partition coefficient (Wildman–Crippen LogP) is 2.28. The number of aryl methyl sites for hydroxylation is 2. The molecule has 1 aliphatic heterocycles. The lowest BCUT2D eigenvalue weighted by molar-refractivity contribution is 0.00578. The maximum Gasteiger partial charge on any atom is 0.494 e. The van der Waals surface area contributed by atoms with Crippen LogP contribution in [0.5, 0.6) is 0 Å². The molecule has 0 bridgehead atoms. The molecule has 0 amide bonds. The van der Waals surface area contributed by atoms with Crippen LogP contribution < -0.4 is 11.2 Å². The fraction of sp³-hybridized carbons (Fsp3) is 0.471. The van der Waals surface area contributed by atoms with Gasteiger partial charge in [0.15, 0.2) is 0 Å². The van der Waals surface area contributed by atoms with E-state index in [2.05, 4.69) is 32.8 Å². The summed E-state index contributed by atoms with van der Waals surface area (Å²) in [7, 11) is 1.51. The first-order valence-electron chi connectivity index (χ1n) is 7.87. The predicted molar refractivity (Wildman–Crippen MR) is 93.5 cm³/mol. The van der Waals surface area contributed by atoms with Crippen molar-refractivity contribution < 1.29 is 9.31 Å². The average Bonchev–Trinajstić information content (AvgIpc) is 2.83. The SMILES string of the molecule is Cc1nn(C)c(N)c1-c1ccc(B2OC(C)(C)C(C)(C)O2)cc1. The van der Waals surface area contributed by atoms with Crippen LogP contribution >= 0.6 is 0 Å². The molecule has 0 atom stereocenters. The fourth-order valence-corrected chi connectivity index (χ4v) is 2.82. The maximum absolute atomic E-state index is 6.12. The van der Waals surface area contributed by atoms with Crippen LogP contribution in [0.15, 0.2) is 24.3 Å². The Labute approximate surface area is 137 Å². The number of anilines is 1. The number of hydrogen-bond donors (Lipinski definition) is 1. The Morgan fingerprint density at radius 1 is 1.04 bits per heavy atom. The first-order valence-corrected chi connectivity index (χ1v) is 7.87. The van der Waals surface area contributed by atoms with Gasteiger partial charge in [-0.3, -0.25) is 4.68 Å². The molecule has 2 heterocycles. The molecule has 0 aliphatic carbocycles. The van der Waals surface area contributed by atoms with E-state index in [1.54, 1.807) is 4.68 Å². The number of aromatic nitrogens is 2. The molecule has 0 saturated carbocycles. The van der Waals surface area contributed by atoms with Gasteiger partial charge in [0, 0.05) is 12.6 Å². The molecule has 0 unspecified atom stereocenters. The molecule has 2 aromatic rings. The Kier molecular flexibility index (Phi) is 3.57. The van der Waals surface area contributed by atoms with E-state index in [-0.39, 0.29) is 18.3 Å². The minimum Gasteiger partial charge on any atom is -0.399 e. The number of rotatable bonds is 2. The van der Waals surface area contributed by atoms with Gasteiger partial charge in [-0.15, -0.1) is 0 Å². The Morgan fingerprint density at radius 3 is 2.00 bits per heavy atom. The molecule has 1 aromatic carbocycles. The molecule has 23 heavy (non-hydrogen) atoms. The van der Waals surface area contributed by atoms with E-state index in [1.807, 2.05) is 38.2 Å². The summed E-state index contributed by atoms with van der Waals surface area (Å²) in [5.41, 5.74) is 9.41. The highest BCUT2D eigenvalue weighted by Gasteiger charge is 2.51. The molecule has 1 aromatic heterocycles. The summed E-state index contributed by atoms with van der Waals surface area (Å²) in [5, 5.41) is 4.37. The molecule has 1 fully saturated rings. The Hall–Kier alpha value is -1.79. The van der Waals surface area contributed by atoms with Crippen molar-refractivity contribution in [2.45, 2.75) is 45.8 Å². The van der Waals surface area contributed by atoms with Crippen molar-refractivity contribution >= 4 is 18.4 Å². The van der Waals surface area contributed by atoms with E-state index in [0.29, 0.717) is 5.82 Å². The van der Waals surface area contributed by atoms with E-state index in [0.717, 1.165) is 22.3 Å². The molecular weight excluding hydrogens is 289 g/mol. The summed E-state index contributed by atoms with van der Waals surface area (Å²) in [6, 6.07) is 8.15. The average molecular weight is 313 g/mol. The molecule has 5 nitrogen and oxygen atoms in total. The molecule has 6 heteroatoms. The fourth-order valence-electron chi connectivity index (χ4n) is 2.82. The van der Waals surface area contributed by atoms with Crippen LogP contribution in [0, 0.1) is 6.92 Å². The monoisotopic (exact) mass is 313 g/mol. The smallest absolute Gasteiger partial charge is 0.399 e. The lowest BCUT2D eigenvalue weighted by atomic mass is 9.78. The third-order valence-corrected chi connectivity index (χ3v) is 4.99. The van der Waals surface area contributed by atoms with E-state index in [9.17, 15) is 0 Å². The molecular formula is C17H24BN3O2. The van der Waals surface area contributed by atoms with E-state index in [1.165, 1.54) is 0 Å². The zero-order valence-corrected chi connectivity index (χ0v) is 14.7. The van der Waals surface area contributed by atoms with Crippen molar-refractivity contribution in [2.75, 3.05) is 5.73 Å². The summed E-state index contributed by atoms with van der Waals surface area (Å²) < 4.78 is 13.9. The molecule has 1 aliphatic rings. The van der Waals surface area contributed by atoms with Crippen molar-refractivity contribution in [2.24, 2.45) is 7.05 Å². The second kappa shape index (κ2) is 5.11. The largest absolute Gasteiger partial charge is 0.494 e. The Balaban J connectivity index is 1.89. The highest BCUT2D eigenvalue weighted by molar-refractivity contribution is 6.62. The number of benzene rings is 1. The molecule has 1 saturated heterocycles. The number of nitrogen functional groups attached to an aromatic ring is 1. The van der Waals surface area contributed by atoms with Gasteiger partial charge < -0.3 is 15.0 Å². The third kappa shape index (κ3) is 2.56. The molecule has 0 spiro atoms. The lowest BCUT2D eigenvalue weighted by Gasteiger charge is -2.32. The highest BCUT2D eigenvalue weighted by atomic mass is 16.7. The first kappa shape index (κ1) is 16.1. The Morgan fingerprint density at radius 2 is 1.57 bits per heavy atom.